The maximum absolute atomic E-state index is 10.7. The summed E-state index contributed by atoms with van der Waals surface area (Å²) in [5, 5.41) is 0. The molecule has 3 heteroatoms. The molecule has 84 valence electrons. The molecule has 1 aromatic carbocycles. The van der Waals surface area contributed by atoms with Crippen molar-refractivity contribution in [2.75, 3.05) is 0 Å². The van der Waals surface area contributed by atoms with E-state index in [0.29, 0.717) is 4.90 Å². The van der Waals surface area contributed by atoms with Gasteiger partial charge in [-0.05, 0) is 29.5 Å². The smallest absolute Gasteiger partial charge is 0.168 e. The lowest BCUT2D eigenvalue weighted by Gasteiger charge is -2.22. The van der Waals surface area contributed by atoms with Crippen LogP contribution in [0.2, 0.25) is 0 Å². The van der Waals surface area contributed by atoms with Gasteiger partial charge in [-0.1, -0.05) is 39.3 Å². The number of hydrogen-bond acceptors (Lipinski definition) is 2. The van der Waals surface area contributed by atoms with E-state index in [2.05, 4.69) is 20.8 Å². The minimum atomic E-state index is -2.44. The number of rotatable bonds is 4. The van der Waals surface area contributed by atoms with Crippen molar-refractivity contribution in [2.24, 2.45) is 5.41 Å². The minimum Gasteiger partial charge on any atom is -0.227 e. The van der Waals surface area contributed by atoms with E-state index >= 15 is 0 Å². The fraction of sp³-hybridized carbons (Fsp3) is 0.500. The van der Waals surface area contributed by atoms with Gasteiger partial charge in [0.25, 0.3) is 0 Å². The molecule has 0 heterocycles. The SMILES string of the molecule is CCC(C)(C)Cc1ccc([SH](=O)=O)cc1. The van der Waals surface area contributed by atoms with Crippen LogP contribution in [0.3, 0.4) is 0 Å². The molecule has 0 radical (unpaired) electrons. The Morgan fingerprint density at radius 3 is 2.07 bits per heavy atom. The van der Waals surface area contributed by atoms with E-state index in [1.807, 2.05) is 12.1 Å². The molecule has 0 fully saturated rings. The molecule has 0 saturated carbocycles. The molecule has 0 saturated heterocycles. The molecule has 15 heavy (non-hydrogen) atoms. The average Bonchev–Trinajstić information content (AvgIpc) is 2.18. The van der Waals surface area contributed by atoms with Gasteiger partial charge in [-0.2, -0.15) is 0 Å². The van der Waals surface area contributed by atoms with E-state index in [-0.39, 0.29) is 5.41 Å². The molecule has 0 aliphatic carbocycles. The Hall–Kier alpha value is -0.830. The van der Waals surface area contributed by atoms with Gasteiger partial charge in [-0.25, -0.2) is 8.42 Å². The third-order valence-corrected chi connectivity index (χ3v) is 3.51. The van der Waals surface area contributed by atoms with Crippen LogP contribution in [0.4, 0.5) is 0 Å². The summed E-state index contributed by atoms with van der Waals surface area (Å²) in [6.07, 6.45) is 2.10. The molecule has 0 N–H and O–H groups in total. The van der Waals surface area contributed by atoms with Crippen molar-refractivity contribution >= 4 is 10.7 Å². The third kappa shape index (κ3) is 3.67. The zero-order valence-electron chi connectivity index (χ0n) is 9.49. The van der Waals surface area contributed by atoms with Crippen LogP contribution < -0.4 is 0 Å². The van der Waals surface area contributed by atoms with Crippen molar-refractivity contribution < 1.29 is 8.42 Å². The highest BCUT2D eigenvalue weighted by molar-refractivity contribution is 7.72. The fourth-order valence-electron chi connectivity index (χ4n) is 1.41. The Morgan fingerprint density at radius 1 is 1.13 bits per heavy atom. The molecule has 0 spiro atoms. The molecule has 0 amide bonds. The van der Waals surface area contributed by atoms with Gasteiger partial charge in [0.05, 0.1) is 4.90 Å². The molecule has 0 aliphatic heterocycles. The zero-order valence-corrected chi connectivity index (χ0v) is 10.4. The molecule has 0 bridgehead atoms. The van der Waals surface area contributed by atoms with E-state index in [4.69, 9.17) is 0 Å². The van der Waals surface area contributed by atoms with E-state index in [1.54, 1.807) is 12.1 Å². The third-order valence-electron chi connectivity index (χ3n) is 2.79. The molecule has 0 aliphatic rings. The second-order valence-corrected chi connectivity index (χ2v) is 5.65. The van der Waals surface area contributed by atoms with Crippen LogP contribution in [-0.4, -0.2) is 8.42 Å². The monoisotopic (exact) mass is 226 g/mol. The largest absolute Gasteiger partial charge is 0.227 e. The Kier molecular flexibility index (Phi) is 3.91. The first kappa shape index (κ1) is 12.2. The van der Waals surface area contributed by atoms with Gasteiger partial charge in [0.15, 0.2) is 10.7 Å². The molecule has 0 unspecified atom stereocenters. The number of thiol groups is 1. The second kappa shape index (κ2) is 4.79. The predicted molar refractivity (Wildman–Crippen MR) is 62.8 cm³/mol. The van der Waals surface area contributed by atoms with Crippen molar-refractivity contribution in [3.63, 3.8) is 0 Å². The average molecular weight is 226 g/mol. The van der Waals surface area contributed by atoms with Crippen LogP contribution in [0.1, 0.15) is 32.8 Å². The lowest BCUT2D eigenvalue weighted by molar-refractivity contribution is 0.349. The summed E-state index contributed by atoms with van der Waals surface area (Å²) in [6, 6.07) is 7.15. The van der Waals surface area contributed by atoms with Crippen LogP contribution in [-0.2, 0) is 17.1 Å². The highest BCUT2D eigenvalue weighted by Gasteiger charge is 2.15. The fourth-order valence-corrected chi connectivity index (χ4v) is 1.81. The zero-order chi connectivity index (χ0) is 11.5. The molecular weight excluding hydrogens is 208 g/mol. The lowest BCUT2D eigenvalue weighted by Crippen LogP contribution is -2.13. The highest BCUT2D eigenvalue weighted by Crippen LogP contribution is 2.25. The van der Waals surface area contributed by atoms with Crippen LogP contribution in [0.5, 0.6) is 0 Å². The molecule has 0 atom stereocenters. The molecular formula is C12H18O2S. The van der Waals surface area contributed by atoms with Gasteiger partial charge in [-0.3, -0.25) is 0 Å². The van der Waals surface area contributed by atoms with E-state index in [0.717, 1.165) is 12.8 Å². The van der Waals surface area contributed by atoms with Gasteiger partial charge in [0.2, 0.25) is 0 Å². The van der Waals surface area contributed by atoms with Gasteiger partial charge in [0, 0.05) is 0 Å². The standard InChI is InChI=1S/C12H18O2S/c1-4-12(2,3)9-10-5-7-11(8-6-10)15(13)14/h5-8,15H,4,9H2,1-3H3. The Morgan fingerprint density at radius 2 is 1.67 bits per heavy atom. The van der Waals surface area contributed by atoms with Crippen molar-refractivity contribution in [3.8, 4) is 0 Å². The van der Waals surface area contributed by atoms with Crippen LogP contribution in [0.15, 0.2) is 29.2 Å². The lowest BCUT2D eigenvalue weighted by atomic mass is 9.83. The maximum atomic E-state index is 10.7. The van der Waals surface area contributed by atoms with Crippen LogP contribution in [0.25, 0.3) is 0 Å². The number of benzene rings is 1. The van der Waals surface area contributed by atoms with Crippen molar-refractivity contribution in [2.45, 2.75) is 38.5 Å². The Labute approximate surface area is 93.3 Å². The van der Waals surface area contributed by atoms with Crippen LogP contribution in [0, 0.1) is 5.41 Å². The highest BCUT2D eigenvalue weighted by atomic mass is 32.2. The normalized spacial score (nSPS) is 12.0. The van der Waals surface area contributed by atoms with E-state index in [9.17, 15) is 8.42 Å². The molecule has 1 aromatic rings. The van der Waals surface area contributed by atoms with Crippen molar-refractivity contribution in [1.82, 2.24) is 0 Å². The molecule has 0 aromatic heterocycles. The Bertz CT molecular complexity index is 381. The summed E-state index contributed by atoms with van der Waals surface area (Å²) in [7, 11) is -2.44. The van der Waals surface area contributed by atoms with Gasteiger partial charge < -0.3 is 0 Å². The summed E-state index contributed by atoms with van der Waals surface area (Å²) < 4.78 is 21.4. The van der Waals surface area contributed by atoms with Crippen LogP contribution >= 0.6 is 0 Å². The van der Waals surface area contributed by atoms with Crippen molar-refractivity contribution in [1.29, 1.82) is 0 Å². The first-order valence-electron chi connectivity index (χ1n) is 5.18. The number of hydrogen-bond donors (Lipinski definition) is 1. The summed E-state index contributed by atoms with van der Waals surface area (Å²) in [5.41, 5.74) is 1.48. The quantitative estimate of drug-likeness (QED) is 0.801. The summed E-state index contributed by atoms with van der Waals surface area (Å²) in [6.45, 7) is 6.60. The van der Waals surface area contributed by atoms with E-state index < -0.39 is 10.7 Å². The summed E-state index contributed by atoms with van der Waals surface area (Å²) in [4.78, 5) is 0.392. The summed E-state index contributed by atoms with van der Waals surface area (Å²) in [5.74, 6) is 0. The minimum absolute atomic E-state index is 0.279. The summed E-state index contributed by atoms with van der Waals surface area (Å²) >= 11 is 0. The van der Waals surface area contributed by atoms with E-state index in [1.165, 1.54) is 5.56 Å². The first-order valence-corrected chi connectivity index (χ1v) is 6.36. The van der Waals surface area contributed by atoms with Gasteiger partial charge >= 0.3 is 0 Å². The maximum Gasteiger partial charge on any atom is 0.168 e. The van der Waals surface area contributed by atoms with Gasteiger partial charge in [0.1, 0.15) is 0 Å². The van der Waals surface area contributed by atoms with Gasteiger partial charge in [-0.15, -0.1) is 0 Å². The molecule has 2 nitrogen and oxygen atoms in total. The Balaban J connectivity index is 2.81. The second-order valence-electron chi connectivity index (χ2n) is 4.62. The van der Waals surface area contributed by atoms with Crippen molar-refractivity contribution in [3.05, 3.63) is 29.8 Å². The predicted octanol–water partition coefficient (Wildman–Crippen LogP) is 2.64. The first-order chi connectivity index (χ1) is 6.94. The topological polar surface area (TPSA) is 34.1 Å². The molecule has 1 rings (SSSR count).